The zero-order valence-corrected chi connectivity index (χ0v) is 9.25. The highest BCUT2D eigenvalue weighted by molar-refractivity contribution is 5.63. The van der Waals surface area contributed by atoms with Gasteiger partial charge in [0.2, 0.25) is 0 Å². The number of aryl methyl sites for hydroxylation is 1. The number of anilines is 1. The maximum atomic E-state index is 9.01. The predicted octanol–water partition coefficient (Wildman–Crippen LogP) is 3.08. The van der Waals surface area contributed by atoms with Crippen LogP contribution < -0.4 is 5.32 Å². The number of rotatable bonds is 3. The first kappa shape index (κ1) is 10.0. The second-order valence-electron chi connectivity index (χ2n) is 4.26. The van der Waals surface area contributed by atoms with Crippen LogP contribution in [0.15, 0.2) is 18.2 Å². The van der Waals surface area contributed by atoms with Crippen molar-refractivity contribution in [3.05, 3.63) is 29.3 Å². The number of nitriles is 1. The molecule has 0 aromatic heterocycles. The molecule has 2 nitrogen and oxygen atoms in total. The van der Waals surface area contributed by atoms with Crippen LogP contribution in [0.5, 0.6) is 0 Å². The summed E-state index contributed by atoms with van der Waals surface area (Å²) >= 11 is 0. The maximum Gasteiger partial charge on any atom is 0.101 e. The second-order valence-corrected chi connectivity index (χ2v) is 4.26. The molecule has 1 aromatic rings. The molecule has 1 aliphatic rings. The van der Waals surface area contributed by atoms with Crippen LogP contribution in [0, 0.1) is 24.2 Å². The van der Waals surface area contributed by atoms with Crippen LogP contribution in [0.3, 0.4) is 0 Å². The average Bonchev–Trinajstić information content (AvgIpc) is 2.99. The van der Waals surface area contributed by atoms with Crippen molar-refractivity contribution in [1.82, 2.24) is 0 Å². The molecule has 0 saturated heterocycles. The molecule has 0 radical (unpaired) electrons. The van der Waals surface area contributed by atoms with E-state index in [-0.39, 0.29) is 0 Å². The Hall–Kier alpha value is -1.49. The lowest BCUT2D eigenvalue weighted by molar-refractivity contribution is 0.774. The summed E-state index contributed by atoms with van der Waals surface area (Å²) in [7, 11) is 0. The molecule has 2 unspecified atom stereocenters. The van der Waals surface area contributed by atoms with Gasteiger partial charge in [-0.1, -0.05) is 25.5 Å². The van der Waals surface area contributed by atoms with Gasteiger partial charge in [-0.3, -0.25) is 0 Å². The fourth-order valence-corrected chi connectivity index (χ4v) is 2.01. The minimum atomic E-state index is 0.586. The lowest BCUT2D eigenvalue weighted by atomic mass is 10.1. The first-order valence-corrected chi connectivity index (χ1v) is 5.52. The highest BCUT2D eigenvalue weighted by Gasteiger charge is 2.35. The van der Waals surface area contributed by atoms with Gasteiger partial charge in [0.15, 0.2) is 0 Å². The van der Waals surface area contributed by atoms with Crippen LogP contribution in [-0.4, -0.2) is 6.04 Å². The summed E-state index contributed by atoms with van der Waals surface area (Å²) in [5.41, 5.74) is 2.95. The van der Waals surface area contributed by atoms with Crippen LogP contribution >= 0.6 is 0 Å². The van der Waals surface area contributed by atoms with Gasteiger partial charge in [-0.15, -0.1) is 0 Å². The number of nitrogens with one attached hydrogen (secondary N) is 1. The maximum absolute atomic E-state index is 9.01. The molecule has 1 aliphatic carbocycles. The van der Waals surface area contributed by atoms with Gasteiger partial charge in [0, 0.05) is 6.04 Å². The van der Waals surface area contributed by atoms with E-state index in [4.69, 9.17) is 5.26 Å². The SMILES string of the molecule is CCC1CC1Nc1c(C)cccc1C#N. The number of hydrogen-bond acceptors (Lipinski definition) is 2. The van der Waals surface area contributed by atoms with Crippen molar-refractivity contribution in [2.75, 3.05) is 5.32 Å². The van der Waals surface area contributed by atoms with Crippen molar-refractivity contribution in [3.63, 3.8) is 0 Å². The van der Waals surface area contributed by atoms with Crippen LogP contribution in [-0.2, 0) is 0 Å². The summed E-state index contributed by atoms with van der Waals surface area (Å²) in [5, 5.41) is 12.5. The Kier molecular flexibility index (Phi) is 2.64. The number of hydrogen-bond donors (Lipinski definition) is 1. The lowest BCUT2D eigenvalue weighted by Gasteiger charge is -2.10. The van der Waals surface area contributed by atoms with Gasteiger partial charge >= 0.3 is 0 Å². The summed E-state index contributed by atoms with van der Waals surface area (Å²) < 4.78 is 0. The van der Waals surface area contributed by atoms with Gasteiger partial charge in [0.25, 0.3) is 0 Å². The van der Waals surface area contributed by atoms with Gasteiger partial charge in [-0.05, 0) is 30.9 Å². The molecule has 0 amide bonds. The third-order valence-corrected chi connectivity index (χ3v) is 3.17. The predicted molar refractivity (Wildman–Crippen MR) is 61.7 cm³/mol. The fourth-order valence-electron chi connectivity index (χ4n) is 2.01. The molecule has 0 bridgehead atoms. The molecule has 1 aromatic carbocycles. The summed E-state index contributed by atoms with van der Waals surface area (Å²) in [6, 6.07) is 8.68. The van der Waals surface area contributed by atoms with E-state index >= 15 is 0 Å². The lowest BCUT2D eigenvalue weighted by Crippen LogP contribution is -2.07. The zero-order chi connectivity index (χ0) is 10.8. The highest BCUT2D eigenvalue weighted by atomic mass is 15.0. The summed E-state index contributed by atoms with van der Waals surface area (Å²) in [4.78, 5) is 0. The van der Waals surface area contributed by atoms with E-state index in [0.717, 1.165) is 22.7 Å². The Morgan fingerprint density at radius 3 is 2.93 bits per heavy atom. The van der Waals surface area contributed by atoms with E-state index in [1.165, 1.54) is 12.8 Å². The Morgan fingerprint density at radius 1 is 1.53 bits per heavy atom. The van der Waals surface area contributed by atoms with Crippen molar-refractivity contribution in [3.8, 4) is 6.07 Å². The smallest absolute Gasteiger partial charge is 0.101 e. The fraction of sp³-hybridized carbons (Fsp3) is 0.462. The van der Waals surface area contributed by atoms with Gasteiger partial charge < -0.3 is 5.32 Å². The molecule has 1 fully saturated rings. The van der Waals surface area contributed by atoms with Crippen molar-refractivity contribution in [2.45, 2.75) is 32.7 Å². The van der Waals surface area contributed by atoms with Crippen LogP contribution in [0.2, 0.25) is 0 Å². The van der Waals surface area contributed by atoms with Crippen molar-refractivity contribution < 1.29 is 0 Å². The molecule has 0 aliphatic heterocycles. The minimum Gasteiger partial charge on any atom is -0.381 e. The molecule has 2 heteroatoms. The normalized spacial score (nSPS) is 23.3. The molecule has 15 heavy (non-hydrogen) atoms. The number of benzene rings is 1. The zero-order valence-electron chi connectivity index (χ0n) is 9.25. The van der Waals surface area contributed by atoms with E-state index in [0.29, 0.717) is 6.04 Å². The quantitative estimate of drug-likeness (QED) is 0.813. The molecule has 2 atom stereocenters. The number of para-hydroxylation sites is 1. The summed E-state index contributed by atoms with van der Waals surface area (Å²) in [6.45, 7) is 4.27. The van der Waals surface area contributed by atoms with Crippen molar-refractivity contribution >= 4 is 5.69 Å². The molecule has 1 N–H and O–H groups in total. The molecule has 2 rings (SSSR count). The molecule has 78 valence electrons. The van der Waals surface area contributed by atoms with Crippen LogP contribution in [0.4, 0.5) is 5.69 Å². The Labute approximate surface area is 90.9 Å². The van der Waals surface area contributed by atoms with Crippen molar-refractivity contribution in [1.29, 1.82) is 5.26 Å². The molecule has 0 spiro atoms. The molecular weight excluding hydrogens is 184 g/mol. The number of nitrogens with zero attached hydrogens (tertiary/aromatic N) is 1. The Balaban J connectivity index is 2.17. The standard InChI is InChI=1S/C13H16N2/c1-3-10-7-12(10)15-13-9(2)5-4-6-11(13)8-14/h4-6,10,12,15H,3,7H2,1-2H3. The first-order valence-electron chi connectivity index (χ1n) is 5.52. The first-order chi connectivity index (χ1) is 7.26. The van der Waals surface area contributed by atoms with E-state index in [9.17, 15) is 0 Å². The van der Waals surface area contributed by atoms with Gasteiger partial charge in [-0.25, -0.2) is 0 Å². The largest absolute Gasteiger partial charge is 0.381 e. The second kappa shape index (κ2) is 3.94. The monoisotopic (exact) mass is 200 g/mol. The average molecular weight is 200 g/mol. The third kappa shape index (κ3) is 1.97. The Bertz CT molecular complexity index is 403. The minimum absolute atomic E-state index is 0.586. The van der Waals surface area contributed by atoms with Gasteiger partial charge in [0.1, 0.15) is 6.07 Å². The van der Waals surface area contributed by atoms with Crippen molar-refractivity contribution in [2.24, 2.45) is 5.92 Å². The Morgan fingerprint density at radius 2 is 2.33 bits per heavy atom. The van der Waals surface area contributed by atoms with E-state index in [1.54, 1.807) is 0 Å². The third-order valence-electron chi connectivity index (χ3n) is 3.17. The summed E-state index contributed by atoms with van der Waals surface area (Å²) in [6.07, 6.45) is 2.47. The summed E-state index contributed by atoms with van der Waals surface area (Å²) in [5.74, 6) is 0.802. The molecular formula is C13H16N2. The van der Waals surface area contributed by atoms with Crippen LogP contribution in [0.25, 0.3) is 0 Å². The van der Waals surface area contributed by atoms with E-state index in [2.05, 4.69) is 18.3 Å². The topological polar surface area (TPSA) is 35.8 Å². The van der Waals surface area contributed by atoms with E-state index in [1.807, 2.05) is 25.1 Å². The van der Waals surface area contributed by atoms with Crippen LogP contribution in [0.1, 0.15) is 30.9 Å². The molecule has 0 heterocycles. The molecule has 1 saturated carbocycles. The van der Waals surface area contributed by atoms with Gasteiger partial charge in [-0.2, -0.15) is 5.26 Å². The van der Waals surface area contributed by atoms with E-state index < -0.39 is 0 Å². The van der Waals surface area contributed by atoms with Gasteiger partial charge in [0.05, 0.1) is 11.3 Å². The highest BCUT2D eigenvalue weighted by Crippen LogP contribution is 2.37.